The van der Waals surface area contributed by atoms with E-state index in [9.17, 15) is 4.79 Å². The highest BCUT2D eigenvalue weighted by molar-refractivity contribution is 5.92. The molecule has 1 aliphatic rings. The van der Waals surface area contributed by atoms with E-state index in [-0.39, 0.29) is 5.91 Å². The second-order valence-electron chi connectivity index (χ2n) is 7.65. The van der Waals surface area contributed by atoms with Gasteiger partial charge in [-0.15, -0.1) is 0 Å². The van der Waals surface area contributed by atoms with Crippen LogP contribution in [0.2, 0.25) is 0 Å². The highest BCUT2D eigenvalue weighted by Gasteiger charge is 2.17. The van der Waals surface area contributed by atoms with Crippen molar-refractivity contribution in [2.75, 3.05) is 57.2 Å². The van der Waals surface area contributed by atoms with Gasteiger partial charge < -0.3 is 24.6 Å². The van der Waals surface area contributed by atoms with Crippen LogP contribution in [-0.4, -0.2) is 57.8 Å². The number of aryl methyl sites for hydroxylation is 2. The standard InChI is InChI=1S/C24H33N3O3/c1-5-26-12-14-27(15-13-26)20-7-9-22(18(2)16-20)25-24(28)11-6-19-17-21(29-3)8-10-23(19)30-4/h7-10,16-17H,5-6,11-15H2,1-4H3,(H,25,28). The number of carbonyl (C=O) groups is 1. The Morgan fingerprint density at radius 2 is 1.80 bits per heavy atom. The van der Waals surface area contributed by atoms with E-state index in [1.165, 1.54) is 5.69 Å². The van der Waals surface area contributed by atoms with Crippen LogP contribution >= 0.6 is 0 Å². The molecule has 2 aromatic carbocycles. The monoisotopic (exact) mass is 411 g/mol. The van der Waals surface area contributed by atoms with Crippen LogP contribution in [0, 0.1) is 6.92 Å². The molecule has 2 aromatic rings. The fourth-order valence-corrected chi connectivity index (χ4v) is 3.85. The molecule has 0 radical (unpaired) electrons. The number of amides is 1. The molecule has 0 saturated carbocycles. The minimum absolute atomic E-state index is 0.00715. The summed E-state index contributed by atoms with van der Waals surface area (Å²) in [4.78, 5) is 17.4. The first-order valence-corrected chi connectivity index (χ1v) is 10.6. The van der Waals surface area contributed by atoms with Crippen LogP contribution in [0.3, 0.4) is 0 Å². The normalized spacial score (nSPS) is 14.5. The maximum atomic E-state index is 12.5. The number of piperazine rings is 1. The van der Waals surface area contributed by atoms with E-state index in [1.54, 1.807) is 14.2 Å². The molecule has 1 N–H and O–H groups in total. The van der Waals surface area contributed by atoms with Crippen LogP contribution in [0.15, 0.2) is 36.4 Å². The number of nitrogens with zero attached hydrogens (tertiary/aromatic N) is 2. The van der Waals surface area contributed by atoms with E-state index in [1.807, 2.05) is 31.2 Å². The van der Waals surface area contributed by atoms with E-state index in [2.05, 4.69) is 34.2 Å². The lowest BCUT2D eigenvalue weighted by Crippen LogP contribution is -2.46. The van der Waals surface area contributed by atoms with Gasteiger partial charge in [0.05, 0.1) is 14.2 Å². The van der Waals surface area contributed by atoms with Gasteiger partial charge in [0.25, 0.3) is 0 Å². The van der Waals surface area contributed by atoms with Gasteiger partial charge in [-0.1, -0.05) is 6.92 Å². The Morgan fingerprint density at radius 1 is 1.03 bits per heavy atom. The largest absolute Gasteiger partial charge is 0.497 e. The molecular weight excluding hydrogens is 378 g/mol. The van der Waals surface area contributed by atoms with Gasteiger partial charge in [-0.25, -0.2) is 0 Å². The minimum Gasteiger partial charge on any atom is -0.497 e. The summed E-state index contributed by atoms with van der Waals surface area (Å²) in [5, 5.41) is 3.06. The lowest BCUT2D eigenvalue weighted by molar-refractivity contribution is -0.116. The summed E-state index contributed by atoms with van der Waals surface area (Å²) in [6, 6.07) is 11.9. The molecule has 30 heavy (non-hydrogen) atoms. The van der Waals surface area contributed by atoms with Gasteiger partial charge in [0, 0.05) is 44.0 Å². The average Bonchev–Trinajstić information content (AvgIpc) is 2.78. The van der Waals surface area contributed by atoms with Crippen molar-refractivity contribution in [1.29, 1.82) is 0 Å². The summed E-state index contributed by atoms with van der Waals surface area (Å²) >= 11 is 0. The van der Waals surface area contributed by atoms with Crippen LogP contribution in [0.4, 0.5) is 11.4 Å². The number of benzene rings is 2. The van der Waals surface area contributed by atoms with Crippen molar-refractivity contribution < 1.29 is 14.3 Å². The Kier molecular flexibility index (Phi) is 7.57. The quantitative estimate of drug-likeness (QED) is 0.717. The minimum atomic E-state index is -0.00715. The molecule has 0 aromatic heterocycles. The van der Waals surface area contributed by atoms with Crippen LogP contribution in [0.25, 0.3) is 0 Å². The fraction of sp³-hybridized carbons (Fsp3) is 0.458. The van der Waals surface area contributed by atoms with Crippen molar-refractivity contribution in [1.82, 2.24) is 4.90 Å². The summed E-state index contributed by atoms with van der Waals surface area (Å²) in [5.41, 5.74) is 4.14. The molecule has 0 spiro atoms. The summed E-state index contributed by atoms with van der Waals surface area (Å²) in [6.45, 7) is 9.65. The van der Waals surface area contributed by atoms with E-state index in [0.29, 0.717) is 12.8 Å². The molecule has 0 unspecified atom stereocenters. The highest BCUT2D eigenvalue weighted by atomic mass is 16.5. The van der Waals surface area contributed by atoms with E-state index in [0.717, 1.165) is 61.0 Å². The summed E-state index contributed by atoms with van der Waals surface area (Å²) in [6.07, 6.45) is 0.967. The van der Waals surface area contributed by atoms with Crippen molar-refractivity contribution in [2.24, 2.45) is 0 Å². The van der Waals surface area contributed by atoms with Crippen molar-refractivity contribution in [3.8, 4) is 11.5 Å². The Morgan fingerprint density at radius 3 is 2.43 bits per heavy atom. The highest BCUT2D eigenvalue weighted by Crippen LogP contribution is 2.26. The topological polar surface area (TPSA) is 54.0 Å². The van der Waals surface area contributed by atoms with Gasteiger partial charge >= 0.3 is 0 Å². The molecule has 1 heterocycles. The number of carbonyl (C=O) groups excluding carboxylic acids is 1. The summed E-state index contributed by atoms with van der Waals surface area (Å²) < 4.78 is 10.7. The first kappa shape index (κ1) is 22.0. The summed E-state index contributed by atoms with van der Waals surface area (Å²) in [7, 11) is 3.27. The fourth-order valence-electron chi connectivity index (χ4n) is 3.85. The maximum Gasteiger partial charge on any atom is 0.224 e. The van der Waals surface area contributed by atoms with Crippen LogP contribution in [-0.2, 0) is 11.2 Å². The molecular formula is C24H33N3O3. The Labute approximate surface area is 179 Å². The molecule has 6 heteroatoms. The van der Waals surface area contributed by atoms with Crippen molar-refractivity contribution >= 4 is 17.3 Å². The zero-order valence-corrected chi connectivity index (χ0v) is 18.5. The number of methoxy groups -OCH3 is 2. The first-order valence-electron chi connectivity index (χ1n) is 10.6. The molecule has 0 aliphatic carbocycles. The third-order valence-electron chi connectivity index (χ3n) is 5.78. The average molecular weight is 412 g/mol. The predicted molar refractivity (Wildman–Crippen MR) is 122 cm³/mol. The molecule has 0 atom stereocenters. The van der Waals surface area contributed by atoms with Crippen LogP contribution < -0.4 is 19.7 Å². The van der Waals surface area contributed by atoms with E-state index >= 15 is 0 Å². The van der Waals surface area contributed by atoms with Crippen molar-refractivity contribution in [3.05, 3.63) is 47.5 Å². The Hall–Kier alpha value is -2.73. The smallest absolute Gasteiger partial charge is 0.224 e. The molecule has 6 nitrogen and oxygen atoms in total. The van der Waals surface area contributed by atoms with E-state index in [4.69, 9.17) is 9.47 Å². The Balaban J connectivity index is 1.58. The number of anilines is 2. The Bertz CT molecular complexity index is 861. The lowest BCUT2D eigenvalue weighted by atomic mass is 10.1. The van der Waals surface area contributed by atoms with Gasteiger partial charge in [0.1, 0.15) is 11.5 Å². The second kappa shape index (κ2) is 10.3. The maximum absolute atomic E-state index is 12.5. The second-order valence-corrected chi connectivity index (χ2v) is 7.65. The zero-order chi connectivity index (χ0) is 21.5. The first-order chi connectivity index (χ1) is 14.5. The SMILES string of the molecule is CCN1CCN(c2ccc(NC(=O)CCc3cc(OC)ccc3OC)c(C)c2)CC1. The molecule has 1 fully saturated rings. The van der Waals surface area contributed by atoms with E-state index < -0.39 is 0 Å². The third-order valence-corrected chi connectivity index (χ3v) is 5.78. The third kappa shape index (κ3) is 5.45. The van der Waals surface area contributed by atoms with Gasteiger partial charge in [-0.2, -0.15) is 0 Å². The number of hydrogen-bond acceptors (Lipinski definition) is 5. The van der Waals surface area contributed by atoms with Crippen molar-refractivity contribution in [2.45, 2.75) is 26.7 Å². The molecule has 162 valence electrons. The number of likely N-dealkylation sites (N-methyl/N-ethyl adjacent to an activating group) is 1. The van der Waals surface area contributed by atoms with Crippen LogP contribution in [0.1, 0.15) is 24.5 Å². The number of nitrogens with one attached hydrogen (secondary N) is 1. The number of rotatable bonds is 8. The zero-order valence-electron chi connectivity index (χ0n) is 18.5. The van der Waals surface area contributed by atoms with Gasteiger partial charge in [0.15, 0.2) is 0 Å². The van der Waals surface area contributed by atoms with Gasteiger partial charge in [-0.05, 0) is 67.4 Å². The van der Waals surface area contributed by atoms with Crippen molar-refractivity contribution in [3.63, 3.8) is 0 Å². The lowest BCUT2D eigenvalue weighted by Gasteiger charge is -2.35. The number of hydrogen-bond donors (Lipinski definition) is 1. The van der Waals surface area contributed by atoms with Crippen LogP contribution in [0.5, 0.6) is 11.5 Å². The molecule has 1 aliphatic heterocycles. The van der Waals surface area contributed by atoms with Gasteiger partial charge in [-0.3, -0.25) is 4.79 Å². The van der Waals surface area contributed by atoms with Gasteiger partial charge in [0.2, 0.25) is 5.91 Å². The molecule has 3 rings (SSSR count). The predicted octanol–water partition coefficient (Wildman–Crippen LogP) is 3.73. The molecule has 1 amide bonds. The number of ether oxygens (including phenoxy) is 2. The molecule has 0 bridgehead atoms. The molecule has 1 saturated heterocycles. The summed E-state index contributed by atoms with van der Waals surface area (Å²) in [5.74, 6) is 1.52.